The minimum absolute atomic E-state index is 0.112. The largest absolute Gasteiger partial charge is 0.478 e. The van der Waals surface area contributed by atoms with E-state index in [4.69, 9.17) is 16.7 Å². The number of carbonyl (C=O) groups is 2. The summed E-state index contributed by atoms with van der Waals surface area (Å²) in [6.45, 7) is 5.77. The van der Waals surface area contributed by atoms with E-state index >= 15 is 0 Å². The number of nitrogens with zero attached hydrogens (tertiary/aromatic N) is 4. The molecule has 0 fully saturated rings. The maximum Gasteiger partial charge on any atom is 0.335 e. The quantitative estimate of drug-likeness (QED) is 0.226. The smallest absolute Gasteiger partial charge is 0.335 e. The summed E-state index contributed by atoms with van der Waals surface area (Å²) in [6, 6.07) is 17.2. The Morgan fingerprint density at radius 2 is 1.82 bits per heavy atom. The number of aromatic carboxylic acids is 1. The topological polar surface area (TPSA) is 110 Å². The van der Waals surface area contributed by atoms with E-state index < -0.39 is 11.9 Å². The maximum absolute atomic E-state index is 13.5. The van der Waals surface area contributed by atoms with Gasteiger partial charge in [-0.05, 0) is 89.5 Å². The van der Waals surface area contributed by atoms with Crippen LogP contribution in [-0.2, 0) is 11.2 Å². The van der Waals surface area contributed by atoms with Crippen molar-refractivity contribution in [1.29, 1.82) is 0 Å². The van der Waals surface area contributed by atoms with Crippen LogP contribution in [0.15, 0.2) is 103 Å². The zero-order chi connectivity index (χ0) is 28.6. The van der Waals surface area contributed by atoms with Crippen molar-refractivity contribution in [2.45, 2.75) is 13.3 Å². The van der Waals surface area contributed by atoms with Gasteiger partial charge in [-0.25, -0.2) is 9.18 Å². The molecule has 8 nitrogen and oxygen atoms in total. The Hall–Kier alpha value is -4.89. The second kappa shape index (κ2) is 12.8. The number of carboxylic acids is 1. The number of rotatable bonds is 10. The van der Waals surface area contributed by atoms with Crippen LogP contribution in [0.1, 0.15) is 28.4 Å². The molecule has 1 heterocycles. The lowest BCUT2D eigenvalue weighted by Gasteiger charge is -2.18. The predicted molar refractivity (Wildman–Crippen MR) is 152 cm³/mol. The summed E-state index contributed by atoms with van der Waals surface area (Å²) in [5.74, 6) is -2.34. The van der Waals surface area contributed by atoms with E-state index in [0.717, 1.165) is 22.3 Å². The lowest BCUT2D eigenvalue weighted by molar-refractivity contribution is -0.118. The fourth-order valence-corrected chi connectivity index (χ4v) is 4.23. The average Bonchev–Trinajstić information content (AvgIpc) is 3.48. The van der Waals surface area contributed by atoms with Crippen LogP contribution in [0.4, 0.5) is 10.1 Å². The number of hydrogen-bond acceptors (Lipinski definition) is 5. The molecule has 2 N–H and O–H groups in total. The number of anilines is 1. The monoisotopic (exact) mass is 557 g/mol. The van der Waals surface area contributed by atoms with Crippen LogP contribution >= 0.6 is 11.6 Å². The molecule has 1 aromatic heterocycles. The third-order valence-corrected chi connectivity index (χ3v) is 6.46. The van der Waals surface area contributed by atoms with Crippen molar-refractivity contribution < 1.29 is 19.1 Å². The van der Waals surface area contributed by atoms with Crippen LogP contribution in [0, 0.1) is 11.7 Å². The van der Waals surface area contributed by atoms with Crippen molar-refractivity contribution in [1.82, 2.24) is 20.2 Å². The van der Waals surface area contributed by atoms with Gasteiger partial charge in [0.2, 0.25) is 5.91 Å². The summed E-state index contributed by atoms with van der Waals surface area (Å²) in [6.07, 6.45) is 7.10. The van der Waals surface area contributed by atoms with Crippen molar-refractivity contribution in [2.24, 2.45) is 5.92 Å². The summed E-state index contributed by atoms with van der Waals surface area (Å²) in [5.41, 5.74) is 4.22. The highest BCUT2D eigenvalue weighted by atomic mass is 35.5. The van der Waals surface area contributed by atoms with Gasteiger partial charge in [0, 0.05) is 16.3 Å². The van der Waals surface area contributed by atoms with E-state index in [2.05, 4.69) is 27.4 Å². The fourth-order valence-electron chi connectivity index (χ4n) is 4.06. The molecule has 0 aliphatic rings. The van der Waals surface area contributed by atoms with Crippen LogP contribution in [-0.4, -0.2) is 37.2 Å². The third-order valence-electron chi connectivity index (χ3n) is 6.23. The van der Waals surface area contributed by atoms with Gasteiger partial charge in [-0.3, -0.25) is 4.79 Å². The summed E-state index contributed by atoms with van der Waals surface area (Å²) >= 11 is 6.29. The van der Waals surface area contributed by atoms with Crippen molar-refractivity contribution in [3.8, 4) is 5.69 Å². The van der Waals surface area contributed by atoms with Gasteiger partial charge in [0.15, 0.2) is 0 Å². The molecule has 1 unspecified atom stereocenters. The number of carbonyl (C=O) groups excluding carboxylic acids is 1. The average molecular weight is 558 g/mol. The van der Waals surface area contributed by atoms with Crippen LogP contribution in [0.5, 0.6) is 0 Å². The molecule has 202 valence electrons. The Bertz CT molecular complexity index is 1580. The minimum Gasteiger partial charge on any atom is -0.478 e. The zero-order valence-corrected chi connectivity index (χ0v) is 22.2. The predicted octanol–water partition coefficient (Wildman–Crippen LogP) is 6.17. The molecule has 3 aromatic carbocycles. The van der Waals surface area contributed by atoms with Crippen LogP contribution in [0.3, 0.4) is 0 Å². The second-order valence-corrected chi connectivity index (χ2v) is 9.34. The lowest BCUT2D eigenvalue weighted by Crippen LogP contribution is -2.25. The number of tetrazole rings is 1. The van der Waals surface area contributed by atoms with Gasteiger partial charge in [0.05, 0.1) is 17.2 Å². The molecule has 0 bridgehead atoms. The summed E-state index contributed by atoms with van der Waals surface area (Å²) in [7, 11) is 0. The third kappa shape index (κ3) is 6.95. The molecule has 0 radical (unpaired) electrons. The Balaban J connectivity index is 1.67. The number of nitrogens with one attached hydrogen (secondary N) is 1. The van der Waals surface area contributed by atoms with Gasteiger partial charge in [-0.1, -0.05) is 54.1 Å². The first kappa shape index (κ1) is 28.1. The SMILES string of the molecule is C=C/C(=C\C=C(/C)C(Cc1ccc(F)cc1)C(=O)Nc1ccc(C(=O)O)cc1)c1cc(Cl)ccc1-n1cnnn1. The van der Waals surface area contributed by atoms with Crippen molar-refractivity contribution in [3.63, 3.8) is 0 Å². The molecule has 40 heavy (non-hydrogen) atoms. The van der Waals surface area contributed by atoms with Gasteiger partial charge in [-0.2, -0.15) is 4.68 Å². The van der Waals surface area contributed by atoms with Gasteiger partial charge in [-0.15, -0.1) is 5.10 Å². The van der Waals surface area contributed by atoms with Crippen molar-refractivity contribution in [2.75, 3.05) is 5.32 Å². The molecule has 1 amide bonds. The Labute approximate surface area is 235 Å². The molecule has 0 aliphatic carbocycles. The molecule has 0 aliphatic heterocycles. The molecule has 1 atom stereocenters. The van der Waals surface area contributed by atoms with Gasteiger partial charge in [0.1, 0.15) is 12.1 Å². The minimum atomic E-state index is -1.06. The number of amides is 1. The van der Waals surface area contributed by atoms with Crippen LogP contribution < -0.4 is 5.32 Å². The molecule has 4 aromatic rings. The fraction of sp³-hybridized carbons (Fsp3) is 0.100. The van der Waals surface area contributed by atoms with E-state index in [-0.39, 0.29) is 17.3 Å². The van der Waals surface area contributed by atoms with Gasteiger partial charge in [0.25, 0.3) is 0 Å². The van der Waals surface area contributed by atoms with Gasteiger partial charge >= 0.3 is 5.97 Å². The molecule has 0 spiro atoms. The number of halogens is 2. The Morgan fingerprint density at radius 1 is 1.10 bits per heavy atom. The Kier molecular flexibility index (Phi) is 8.98. The molecule has 4 rings (SSSR count). The second-order valence-electron chi connectivity index (χ2n) is 8.91. The first-order valence-electron chi connectivity index (χ1n) is 12.2. The molecule has 10 heteroatoms. The van der Waals surface area contributed by atoms with E-state index in [0.29, 0.717) is 22.8 Å². The molecule has 0 saturated heterocycles. The van der Waals surface area contributed by atoms with Crippen LogP contribution in [0.2, 0.25) is 5.02 Å². The van der Waals surface area contributed by atoms with E-state index in [9.17, 15) is 14.0 Å². The highest BCUT2D eigenvalue weighted by molar-refractivity contribution is 6.30. The van der Waals surface area contributed by atoms with Crippen molar-refractivity contribution >= 4 is 34.7 Å². The summed E-state index contributed by atoms with van der Waals surface area (Å²) < 4.78 is 15.0. The van der Waals surface area contributed by atoms with E-state index in [1.54, 1.807) is 36.4 Å². The number of aromatic nitrogens is 4. The van der Waals surface area contributed by atoms with Gasteiger partial charge < -0.3 is 10.4 Å². The van der Waals surface area contributed by atoms with Crippen LogP contribution in [0.25, 0.3) is 11.3 Å². The number of hydrogen-bond donors (Lipinski definition) is 2. The Morgan fingerprint density at radius 3 is 2.45 bits per heavy atom. The first-order chi connectivity index (χ1) is 19.2. The normalized spacial score (nSPS) is 12.6. The first-order valence-corrected chi connectivity index (χ1v) is 12.6. The lowest BCUT2D eigenvalue weighted by atomic mass is 9.90. The summed E-state index contributed by atoms with van der Waals surface area (Å²) in [5, 5.41) is 23.9. The molecular formula is C30H25ClFN5O3. The number of benzene rings is 3. The highest BCUT2D eigenvalue weighted by Crippen LogP contribution is 2.28. The van der Waals surface area contributed by atoms with E-state index in [1.165, 1.54) is 47.4 Å². The standard InChI is InChI=1S/C30H25ClFN5O3/c1-3-21(27-17-23(31)10-15-28(27)37-18-33-35-36-37)7-4-19(2)26(16-20-5-11-24(32)12-6-20)29(38)34-25-13-8-22(9-14-25)30(39)40/h3-15,17-18,26H,1,16H2,2H3,(H,34,38)(H,39,40)/b19-4+,21-7+. The highest BCUT2D eigenvalue weighted by Gasteiger charge is 2.21. The molecule has 0 saturated carbocycles. The van der Waals surface area contributed by atoms with E-state index in [1.807, 2.05) is 19.1 Å². The number of carboxylic acid groups (broad SMARTS) is 1. The number of allylic oxidation sites excluding steroid dienone is 4. The zero-order valence-electron chi connectivity index (χ0n) is 21.5. The maximum atomic E-state index is 13.5. The molecular weight excluding hydrogens is 533 g/mol. The summed E-state index contributed by atoms with van der Waals surface area (Å²) in [4.78, 5) is 24.6. The van der Waals surface area contributed by atoms with Crippen molar-refractivity contribution in [3.05, 3.63) is 131 Å².